The average molecular weight is 294 g/mol. The topological polar surface area (TPSA) is 79.0 Å². The number of aliphatic hydroxyl groups excluding tert-OH is 2. The Bertz CT molecular complexity index is 420. The van der Waals surface area contributed by atoms with Gasteiger partial charge in [0.2, 0.25) is 0 Å². The third-order valence-corrected chi connectivity index (χ3v) is 4.01. The highest BCUT2D eigenvalue weighted by molar-refractivity contribution is 5.28. The van der Waals surface area contributed by atoms with Crippen LogP contribution in [0.5, 0.6) is 5.75 Å². The van der Waals surface area contributed by atoms with E-state index < -0.39 is 6.10 Å². The largest absolute Gasteiger partial charge is 0.491 e. The first-order valence-electron chi connectivity index (χ1n) is 7.64. The molecule has 0 radical (unpaired) electrons. The number of nitrogens with zero attached hydrogens (tertiary/aromatic N) is 1. The van der Waals surface area contributed by atoms with E-state index in [4.69, 9.17) is 15.6 Å². The number of aliphatic hydroxyl groups is 2. The maximum absolute atomic E-state index is 10.1. The molecular formula is C16H26N2O3. The molecule has 1 saturated heterocycles. The molecule has 1 atom stereocenters. The molecule has 0 aliphatic carbocycles. The van der Waals surface area contributed by atoms with Crippen LogP contribution < -0.4 is 10.5 Å². The zero-order valence-electron chi connectivity index (χ0n) is 12.4. The van der Waals surface area contributed by atoms with Crippen molar-refractivity contribution < 1.29 is 14.9 Å². The van der Waals surface area contributed by atoms with Crippen molar-refractivity contribution in [1.29, 1.82) is 0 Å². The molecule has 21 heavy (non-hydrogen) atoms. The molecule has 0 bridgehead atoms. The number of piperidine rings is 1. The van der Waals surface area contributed by atoms with Gasteiger partial charge in [-0.3, -0.25) is 0 Å². The second-order valence-electron chi connectivity index (χ2n) is 5.74. The minimum absolute atomic E-state index is 0.275. The van der Waals surface area contributed by atoms with Crippen LogP contribution in [0.25, 0.3) is 0 Å². The van der Waals surface area contributed by atoms with Crippen LogP contribution in [0.15, 0.2) is 24.3 Å². The van der Waals surface area contributed by atoms with Gasteiger partial charge in [-0.15, -0.1) is 0 Å². The number of nitrogens with two attached hydrogens (primary N) is 1. The fourth-order valence-electron chi connectivity index (χ4n) is 2.66. The second-order valence-corrected chi connectivity index (χ2v) is 5.74. The van der Waals surface area contributed by atoms with Crippen LogP contribution in [-0.2, 0) is 6.54 Å². The summed E-state index contributed by atoms with van der Waals surface area (Å²) < 4.78 is 5.62. The third-order valence-electron chi connectivity index (χ3n) is 4.01. The first kappa shape index (κ1) is 16.2. The van der Waals surface area contributed by atoms with Gasteiger partial charge in [0.1, 0.15) is 18.5 Å². The van der Waals surface area contributed by atoms with E-state index in [9.17, 15) is 5.11 Å². The zero-order chi connectivity index (χ0) is 15.1. The van der Waals surface area contributed by atoms with Crippen molar-refractivity contribution in [1.82, 2.24) is 4.90 Å². The van der Waals surface area contributed by atoms with Crippen molar-refractivity contribution in [2.24, 2.45) is 11.7 Å². The highest BCUT2D eigenvalue weighted by Crippen LogP contribution is 2.17. The van der Waals surface area contributed by atoms with Crippen LogP contribution in [0.2, 0.25) is 0 Å². The fourth-order valence-corrected chi connectivity index (χ4v) is 2.66. The number of hydrogen-bond donors (Lipinski definition) is 3. The summed E-state index contributed by atoms with van der Waals surface area (Å²) >= 11 is 0. The van der Waals surface area contributed by atoms with Gasteiger partial charge in [-0.1, -0.05) is 12.1 Å². The Labute approximate surface area is 126 Å². The highest BCUT2D eigenvalue weighted by Gasteiger charge is 2.20. The Balaban J connectivity index is 1.71. The molecule has 1 aliphatic heterocycles. The summed E-state index contributed by atoms with van der Waals surface area (Å²) in [5.74, 6) is 1.17. The van der Waals surface area contributed by atoms with Crippen LogP contribution in [-0.4, -0.2) is 54.1 Å². The first-order chi connectivity index (χ1) is 10.2. The molecule has 1 aliphatic rings. The number of hydrogen-bond acceptors (Lipinski definition) is 5. The fraction of sp³-hybridized carbons (Fsp3) is 0.625. The zero-order valence-corrected chi connectivity index (χ0v) is 12.4. The normalized spacial score (nSPS) is 18.6. The molecule has 1 aromatic carbocycles. The summed E-state index contributed by atoms with van der Waals surface area (Å²) in [6.07, 6.45) is 1.50. The first-order valence-corrected chi connectivity index (χ1v) is 7.64. The summed E-state index contributed by atoms with van der Waals surface area (Å²) in [7, 11) is 0. The Morgan fingerprint density at radius 1 is 1.33 bits per heavy atom. The lowest BCUT2D eigenvalue weighted by atomic mass is 9.98. The average Bonchev–Trinajstić information content (AvgIpc) is 2.54. The van der Waals surface area contributed by atoms with Gasteiger partial charge in [0.05, 0.1) is 0 Å². The van der Waals surface area contributed by atoms with E-state index in [2.05, 4.69) is 4.90 Å². The minimum atomic E-state index is -0.503. The van der Waals surface area contributed by atoms with Gasteiger partial charge in [0.25, 0.3) is 0 Å². The van der Waals surface area contributed by atoms with Crippen molar-refractivity contribution in [3.05, 3.63) is 29.8 Å². The monoisotopic (exact) mass is 294 g/mol. The number of benzene rings is 1. The number of rotatable bonds is 7. The van der Waals surface area contributed by atoms with E-state index >= 15 is 0 Å². The van der Waals surface area contributed by atoms with Crippen LogP contribution in [0.4, 0.5) is 0 Å². The van der Waals surface area contributed by atoms with Crippen molar-refractivity contribution in [3.63, 3.8) is 0 Å². The Morgan fingerprint density at radius 2 is 2.10 bits per heavy atom. The Kier molecular flexibility index (Phi) is 6.45. The summed E-state index contributed by atoms with van der Waals surface area (Å²) in [6, 6.07) is 7.64. The standard InChI is InChI=1S/C16H26N2O3/c17-9-14-2-1-3-16(8-14)21-12-15(20)10-18-6-4-13(11-19)5-7-18/h1-3,8,13,15,19-20H,4-7,9-12,17H2. The van der Waals surface area contributed by atoms with Crippen molar-refractivity contribution in [2.45, 2.75) is 25.5 Å². The predicted octanol–water partition coefficient (Wildman–Crippen LogP) is 0.589. The van der Waals surface area contributed by atoms with Crippen LogP contribution >= 0.6 is 0 Å². The molecule has 118 valence electrons. The Hall–Kier alpha value is -1.14. The van der Waals surface area contributed by atoms with Crippen LogP contribution in [0.1, 0.15) is 18.4 Å². The third kappa shape index (κ3) is 5.28. The molecule has 0 aromatic heterocycles. The van der Waals surface area contributed by atoms with Crippen molar-refractivity contribution in [2.75, 3.05) is 32.8 Å². The number of β-amino-alcohol motifs (C(OH)–C–C–N with tert-alkyl or cyclic N) is 1. The minimum Gasteiger partial charge on any atom is -0.491 e. The lowest BCUT2D eigenvalue weighted by molar-refractivity contribution is 0.0488. The van der Waals surface area contributed by atoms with Crippen LogP contribution in [0.3, 0.4) is 0 Å². The molecule has 2 rings (SSSR count). The van der Waals surface area contributed by atoms with E-state index in [1.54, 1.807) is 0 Å². The van der Waals surface area contributed by atoms with Gasteiger partial charge < -0.3 is 25.6 Å². The molecule has 1 unspecified atom stereocenters. The van der Waals surface area contributed by atoms with E-state index in [-0.39, 0.29) is 13.2 Å². The molecule has 1 heterocycles. The van der Waals surface area contributed by atoms with E-state index in [1.165, 1.54) is 0 Å². The molecule has 1 fully saturated rings. The predicted molar refractivity (Wildman–Crippen MR) is 82.1 cm³/mol. The molecule has 0 saturated carbocycles. The maximum atomic E-state index is 10.1. The van der Waals surface area contributed by atoms with Crippen molar-refractivity contribution >= 4 is 0 Å². The van der Waals surface area contributed by atoms with Gasteiger partial charge in [-0.25, -0.2) is 0 Å². The molecule has 0 spiro atoms. The summed E-state index contributed by atoms with van der Waals surface area (Å²) in [5, 5.41) is 19.2. The molecule has 1 aromatic rings. The maximum Gasteiger partial charge on any atom is 0.119 e. The molecular weight excluding hydrogens is 268 g/mol. The van der Waals surface area contributed by atoms with Crippen LogP contribution in [0, 0.1) is 5.92 Å². The summed E-state index contributed by atoms with van der Waals surface area (Å²) in [5.41, 5.74) is 6.61. The summed E-state index contributed by atoms with van der Waals surface area (Å²) in [4.78, 5) is 2.23. The molecule has 0 amide bonds. The quantitative estimate of drug-likeness (QED) is 0.686. The van der Waals surface area contributed by atoms with Gasteiger partial charge in [-0.05, 0) is 49.5 Å². The molecule has 4 N–H and O–H groups in total. The highest BCUT2D eigenvalue weighted by atomic mass is 16.5. The lowest BCUT2D eigenvalue weighted by Gasteiger charge is -2.32. The number of likely N-dealkylation sites (tertiary alicyclic amines) is 1. The van der Waals surface area contributed by atoms with Gasteiger partial charge in [0.15, 0.2) is 0 Å². The molecule has 5 heteroatoms. The van der Waals surface area contributed by atoms with Crippen molar-refractivity contribution in [3.8, 4) is 5.75 Å². The summed E-state index contributed by atoms with van der Waals surface area (Å²) in [6.45, 7) is 3.54. The second kappa shape index (κ2) is 8.34. The SMILES string of the molecule is NCc1cccc(OCC(O)CN2CCC(CO)CC2)c1. The van der Waals surface area contributed by atoms with E-state index in [0.717, 1.165) is 37.2 Å². The van der Waals surface area contributed by atoms with E-state index in [1.807, 2.05) is 24.3 Å². The van der Waals surface area contributed by atoms with Gasteiger partial charge in [-0.2, -0.15) is 0 Å². The Morgan fingerprint density at radius 3 is 2.76 bits per heavy atom. The van der Waals surface area contributed by atoms with Gasteiger partial charge in [0, 0.05) is 19.7 Å². The lowest BCUT2D eigenvalue weighted by Crippen LogP contribution is -2.41. The number of ether oxygens (including phenoxy) is 1. The molecule has 5 nitrogen and oxygen atoms in total. The smallest absolute Gasteiger partial charge is 0.119 e. The van der Waals surface area contributed by atoms with Gasteiger partial charge >= 0.3 is 0 Å². The van der Waals surface area contributed by atoms with E-state index in [0.29, 0.717) is 19.0 Å².